The lowest BCUT2D eigenvalue weighted by molar-refractivity contribution is 0.158. The molecule has 2 aliphatic heterocycles. The molecule has 4 atom stereocenters. The van der Waals surface area contributed by atoms with E-state index in [1.165, 1.54) is 5.56 Å². The van der Waals surface area contributed by atoms with Crippen LogP contribution in [0.3, 0.4) is 0 Å². The summed E-state index contributed by atoms with van der Waals surface area (Å²) in [4.78, 5) is 10.7. The van der Waals surface area contributed by atoms with Crippen molar-refractivity contribution in [2.24, 2.45) is 15.4 Å². The number of hydrogen-bond donors (Lipinski definition) is 0. The zero-order chi connectivity index (χ0) is 29.1. The highest BCUT2D eigenvalue weighted by Crippen LogP contribution is 2.49. The Balaban J connectivity index is 1.35. The van der Waals surface area contributed by atoms with Gasteiger partial charge in [0, 0.05) is 0 Å². The standard InChI is InChI=1S/C39H34N2O2/c1-39(27-28-17-7-2-8-18-28,37-40-33(29-19-9-3-10-20-29)35(42-37)31-23-13-5-14-24-31)38-41-34(30-21-11-4-12-22-30)36(43-38)32-25-15-6-16-26-32/h2-26,33-36H,27H2,1H3. The van der Waals surface area contributed by atoms with Crippen LogP contribution in [0.1, 0.15) is 59.0 Å². The predicted molar refractivity (Wildman–Crippen MR) is 172 cm³/mol. The van der Waals surface area contributed by atoms with Gasteiger partial charge in [-0.1, -0.05) is 152 Å². The molecule has 5 aromatic rings. The van der Waals surface area contributed by atoms with Gasteiger partial charge >= 0.3 is 0 Å². The van der Waals surface area contributed by atoms with Crippen molar-refractivity contribution in [2.45, 2.75) is 37.6 Å². The van der Waals surface area contributed by atoms with E-state index < -0.39 is 5.41 Å². The van der Waals surface area contributed by atoms with Crippen LogP contribution < -0.4 is 0 Å². The van der Waals surface area contributed by atoms with Crippen molar-refractivity contribution in [1.82, 2.24) is 0 Å². The molecule has 4 nitrogen and oxygen atoms in total. The maximum Gasteiger partial charge on any atom is 0.200 e. The Morgan fingerprint density at radius 3 is 1.16 bits per heavy atom. The van der Waals surface area contributed by atoms with E-state index in [-0.39, 0.29) is 24.3 Å². The van der Waals surface area contributed by atoms with Gasteiger partial charge in [0.2, 0.25) is 11.8 Å². The third-order valence-electron chi connectivity index (χ3n) is 8.45. The highest BCUT2D eigenvalue weighted by molar-refractivity contribution is 6.06. The number of aliphatic imine (C=N–C) groups is 2. The van der Waals surface area contributed by atoms with Crippen molar-refractivity contribution < 1.29 is 9.47 Å². The summed E-state index contributed by atoms with van der Waals surface area (Å²) in [5, 5.41) is 0. The molecule has 0 saturated carbocycles. The van der Waals surface area contributed by atoms with Crippen LogP contribution in [0, 0.1) is 5.41 Å². The van der Waals surface area contributed by atoms with Crippen LogP contribution in [0.15, 0.2) is 162 Å². The SMILES string of the molecule is CC(Cc1ccccc1)(C1=NC(c2ccccc2)C(c2ccccc2)O1)C1=NC(c2ccccc2)C(c2ccccc2)O1. The molecule has 7 rings (SSSR count). The third kappa shape index (κ3) is 5.37. The molecule has 2 aliphatic rings. The summed E-state index contributed by atoms with van der Waals surface area (Å²) in [6.45, 7) is 2.17. The molecule has 212 valence electrons. The molecule has 0 N–H and O–H groups in total. The second-order valence-corrected chi connectivity index (χ2v) is 11.5. The maximum absolute atomic E-state index is 6.94. The van der Waals surface area contributed by atoms with Crippen molar-refractivity contribution in [1.29, 1.82) is 0 Å². The molecular formula is C39H34N2O2. The highest BCUT2D eigenvalue weighted by atomic mass is 16.5. The topological polar surface area (TPSA) is 43.2 Å². The van der Waals surface area contributed by atoms with E-state index in [1.807, 2.05) is 30.3 Å². The van der Waals surface area contributed by atoms with Gasteiger partial charge < -0.3 is 9.47 Å². The van der Waals surface area contributed by atoms with Gasteiger partial charge in [-0.15, -0.1) is 0 Å². The normalized spacial score (nSPS) is 22.5. The second kappa shape index (κ2) is 11.7. The van der Waals surface area contributed by atoms with E-state index in [0.717, 1.165) is 22.3 Å². The van der Waals surface area contributed by atoms with Gasteiger partial charge in [0.15, 0.2) is 12.2 Å². The average Bonchev–Trinajstić information content (AvgIpc) is 3.74. The molecule has 0 spiro atoms. The minimum absolute atomic E-state index is 0.189. The molecule has 0 fully saturated rings. The minimum atomic E-state index is -0.742. The molecular weight excluding hydrogens is 528 g/mol. The monoisotopic (exact) mass is 562 g/mol. The van der Waals surface area contributed by atoms with E-state index in [0.29, 0.717) is 18.2 Å². The molecule has 0 amide bonds. The van der Waals surface area contributed by atoms with Crippen LogP contribution in [-0.4, -0.2) is 11.8 Å². The molecule has 43 heavy (non-hydrogen) atoms. The molecule has 4 unspecified atom stereocenters. The van der Waals surface area contributed by atoms with Crippen molar-refractivity contribution in [3.63, 3.8) is 0 Å². The zero-order valence-electron chi connectivity index (χ0n) is 24.2. The quantitative estimate of drug-likeness (QED) is 0.189. The van der Waals surface area contributed by atoms with Crippen LogP contribution >= 0.6 is 0 Å². The Morgan fingerprint density at radius 2 is 0.791 bits per heavy atom. The Hall–Kier alpha value is -4.96. The lowest BCUT2D eigenvalue weighted by atomic mass is 9.82. The van der Waals surface area contributed by atoms with Crippen LogP contribution in [0.5, 0.6) is 0 Å². The summed E-state index contributed by atoms with van der Waals surface area (Å²) in [6.07, 6.45) is 0.119. The number of nitrogens with zero attached hydrogens (tertiary/aromatic N) is 2. The molecule has 4 heteroatoms. The first-order chi connectivity index (χ1) is 21.2. The van der Waals surface area contributed by atoms with Crippen LogP contribution in [-0.2, 0) is 15.9 Å². The van der Waals surface area contributed by atoms with E-state index in [1.54, 1.807) is 0 Å². The second-order valence-electron chi connectivity index (χ2n) is 11.5. The largest absolute Gasteiger partial charge is 0.469 e. The van der Waals surface area contributed by atoms with Crippen LogP contribution in [0.25, 0.3) is 0 Å². The first-order valence-corrected chi connectivity index (χ1v) is 14.9. The van der Waals surface area contributed by atoms with Crippen molar-refractivity contribution in [3.8, 4) is 0 Å². The first-order valence-electron chi connectivity index (χ1n) is 14.9. The van der Waals surface area contributed by atoms with Crippen molar-refractivity contribution in [2.75, 3.05) is 0 Å². The summed E-state index contributed by atoms with van der Waals surface area (Å²) in [7, 11) is 0. The maximum atomic E-state index is 6.94. The first kappa shape index (κ1) is 26.9. The molecule has 2 heterocycles. The number of hydrogen-bond acceptors (Lipinski definition) is 4. The lowest BCUT2D eigenvalue weighted by Crippen LogP contribution is -2.39. The third-order valence-corrected chi connectivity index (χ3v) is 8.45. The fourth-order valence-electron chi connectivity index (χ4n) is 6.20. The van der Waals surface area contributed by atoms with E-state index in [4.69, 9.17) is 19.5 Å². The van der Waals surface area contributed by atoms with Crippen LogP contribution in [0.4, 0.5) is 0 Å². The smallest absolute Gasteiger partial charge is 0.200 e. The van der Waals surface area contributed by atoms with E-state index >= 15 is 0 Å². The Bertz CT molecular complexity index is 1600. The van der Waals surface area contributed by atoms with E-state index in [9.17, 15) is 0 Å². The van der Waals surface area contributed by atoms with E-state index in [2.05, 4.69) is 128 Å². The minimum Gasteiger partial charge on any atom is -0.469 e. The molecule has 0 aliphatic carbocycles. The van der Waals surface area contributed by atoms with Crippen molar-refractivity contribution in [3.05, 3.63) is 179 Å². The average molecular weight is 563 g/mol. The predicted octanol–water partition coefficient (Wildman–Crippen LogP) is 9.06. The summed E-state index contributed by atoms with van der Waals surface area (Å²) >= 11 is 0. The van der Waals surface area contributed by atoms with Gasteiger partial charge in [-0.25, -0.2) is 9.98 Å². The highest BCUT2D eigenvalue weighted by Gasteiger charge is 2.50. The number of rotatable bonds is 8. The fraction of sp³-hybridized carbons (Fsp3) is 0.179. The summed E-state index contributed by atoms with van der Waals surface area (Å²) in [5.74, 6) is 1.30. The Morgan fingerprint density at radius 1 is 0.465 bits per heavy atom. The molecule has 0 aromatic heterocycles. The summed E-state index contributed by atoms with van der Waals surface area (Å²) < 4.78 is 13.9. The Kier molecular flexibility index (Phi) is 7.34. The van der Waals surface area contributed by atoms with Gasteiger partial charge in [-0.3, -0.25) is 0 Å². The molecule has 0 bridgehead atoms. The number of ether oxygens (including phenoxy) is 2. The van der Waals surface area contributed by atoms with Gasteiger partial charge in [0.05, 0.1) is 0 Å². The van der Waals surface area contributed by atoms with Crippen LogP contribution in [0.2, 0.25) is 0 Å². The fourth-order valence-corrected chi connectivity index (χ4v) is 6.20. The van der Waals surface area contributed by atoms with Crippen molar-refractivity contribution >= 4 is 11.8 Å². The zero-order valence-corrected chi connectivity index (χ0v) is 24.2. The van der Waals surface area contributed by atoms with Gasteiger partial charge in [0.25, 0.3) is 0 Å². The lowest BCUT2D eigenvalue weighted by Gasteiger charge is -2.30. The van der Waals surface area contributed by atoms with Gasteiger partial charge in [-0.05, 0) is 41.2 Å². The molecule has 5 aromatic carbocycles. The van der Waals surface area contributed by atoms with Gasteiger partial charge in [0.1, 0.15) is 17.5 Å². The molecule has 0 saturated heterocycles. The Labute approximate surface area is 253 Å². The summed E-state index contributed by atoms with van der Waals surface area (Å²) in [5.41, 5.74) is 4.85. The molecule has 0 radical (unpaired) electrons. The van der Waals surface area contributed by atoms with Gasteiger partial charge in [-0.2, -0.15) is 0 Å². The summed E-state index contributed by atoms with van der Waals surface area (Å²) in [6, 6.07) is 51.7. The number of benzene rings is 5.